The van der Waals surface area contributed by atoms with Crippen molar-refractivity contribution in [3.8, 4) is 11.5 Å². The Balaban J connectivity index is 1.86. The Labute approximate surface area is 113 Å². The summed E-state index contributed by atoms with van der Waals surface area (Å²) in [6, 6.07) is 14.2. The highest BCUT2D eigenvalue weighted by Crippen LogP contribution is 2.36. The van der Waals surface area contributed by atoms with Crippen LogP contribution in [0.4, 0.5) is 5.69 Å². The molecule has 19 heavy (non-hydrogen) atoms. The van der Waals surface area contributed by atoms with Crippen molar-refractivity contribution in [1.29, 1.82) is 0 Å². The molecule has 1 unspecified atom stereocenters. The minimum Gasteiger partial charge on any atom is -0.497 e. The number of para-hydroxylation sites is 1. The van der Waals surface area contributed by atoms with Crippen molar-refractivity contribution in [2.45, 2.75) is 13.0 Å². The molecule has 0 amide bonds. The smallest absolute Gasteiger partial charge is 0.146 e. The summed E-state index contributed by atoms with van der Waals surface area (Å²) in [6.07, 6.45) is 0.0412. The summed E-state index contributed by atoms with van der Waals surface area (Å²) < 4.78 is 11.3. The van der Waals surface area contributed by atoms with Crippen molar-refractivity contribution < 1.29 is 9.47 Å². The number of nitrogens with one attached hydrogen (secondary N) is 1. The largest absolute Gasteiger partial charge is 0.497 e. The molecule has 2 aromatic rings. The van der Waals surface area contributed by atoms with E-state index in [9.17, 15) is 0 Å². The molecule has 1 aliphatic heterocycles. The molecular formula is C16H17NO2. The molecule has 0 aliphatic carbocycles. The molecule has 98 valence electrons. The highest BCUT2D eigenvalue weighted by molar-refractivity contribution is 5.61. The number of rotatable bonds is 2. The lowest BCUT2D eigenvalue weighted by Gasteiger charge is -2.28. The van der Waals surface area contributed by atoms with E-state index < -0.39 is 0 Å². The molecule has 0 fully saturated rings. The predicted octanol–water partition coefficient (Wildman–Crippen LogP) is 3.55. The number of fused-ring (bicyclic) bond motifs is 1. The molecule has 0 saturated carbocycles. The molecule has 0 aromatic heterocycles. The summed E-state index contributed by atoms with van der Waals surface area (Å²) in [5.74, 6) is 1.82. The summed E-state index contributed by atoms with van der Waals surface area (Å²) >= 11 is 0. The molecule has 0 bridgehead atoms. The SMILES string of the molecule is COc1ccc(C2CNc3cccc(C)c3O2)cc1. The number of hydrogen-bond donors (Lipinski definition) is 1. The van der Waals surface area contributed by atoms with Gasteiger partial charge in [-0.2, -0.15) is 0 Å². The first kappa shape index (κ1) is 11.9. The van der Waals surface area contributed by atoms with Crippen LogP contribution >= 0.6 is 0 Å². The van der Waals surface area contributed by atoms with Crippen LogP contribution in [-0.4, -0.2) is 13.7 Å². The van der Waals surface area contributed by atoms with E-state index in [0.29, 0.717) is 0 Å². The average molecular weight is 255 g/mol. The van der Waals surface area contributed by atoms with E-state index in [-0.39, 0.29) is 6.10 Å². The molecule has 1 aliphatic rings. The number of aryl methyl sites for hydroxylation is 1. The van der Waals surface area contributed by atoms with Gasteiger partial charge in [0.2, 0.25) is 0 Å². The number of hydrogen-bond acceptors (Lipinski definition) is 3. The highest BCUT2D eigenvalue weighted by atomic mass is 16.5. The van der Waals surface area contributed by atoms with Crippen molar-refractivity contribution in [1.82, 2.24) is 0 Å². The Morgan fingerprint density at radius 3 is 2.68 bits per heavy atom. The van der Waals surface area contributed by atoms with Crippen LogP contribution in [0.2, 0.25) is 0 Å². The van der Waals surface area contributed by atoms with Crippen LogP contribution in [0.5, 0.6) is 11.5 Å². The third-order valence-electron chi connectivity index (χ3n) is 3.44. The van der Waals surface area contributed by atoms with Crippen LogP contribution in [-0.2, 0) is 0 Å². The number of benzene rings is 2. The Morgan fingerprint density at radius 1 is 1.16 bits per heavy atom. The Morgan fingerprint density at radius 2 is 1.95 bits per heavy atom. The van der Waals surface area contributed by atoms with Gasteiger partial charge >= 0.3 is 0 Å². The van der Waals surface area contributed by atoms with Gasteiger partial charge in [0.25, 0.3) is 0 Å². The van der Waals surface area contributed by atoms with E-state index in [2.05, 4.69) is 30.4 Å². The molecule has 3 nitrogen and oxygen atoms in total. The molecule has 3 heteroatoms. The molecular weight excluding hydrogens is 238 g/mol. The molecule has 0 saturated heterocycles. The van der Waals surface area contributed by atoms with Crippen molar-refractivity contribution in [2.24, 2.45) is 0 Å². The fraction of sp³-hybridized carbons (Fsp3) is 0.250. The highest BCUT2D eigenvalue weighted by Gasteiger charge is 2.21. The number of methoxy groups -OCH3 is 1. The van der Waals surface area contributed by atoms with Crippen molar-refractivity contribution >= 4 is 5.69 Å². The molecule has 0 radical (unpaired) electrons. The van der Waals surface area contributed by atoms with Gasteiger partial charge in [-0.25, -0.2) is 0 Å². The van der Waals surface area contributed by atoms with Gasteiger partial charge in [0.1, 0.15) is 17.6 Å². The summed E-state index contributed by atoms with van der Waals surface area (Å²) in [4.78, 5) is 0. The molecule has 0 spiro atoms. The van der Waals surface area contributed by atoms with Crippen LogP contribution in [0.3, 0.4) is 0 Å². The Hall–Kier alpha value is -2.16. The van der Waals surface area contributed by atoms with Gasteiger partial charge in [0.15, 0.2) is 0 Å². The Bertz CT molecular complexity index is 578. The summed E-state index contributed by atoms with van der Waals surface area (Å²) in [5, 5.41) is 3.42. The lowest BCUT2D eigenvalue weighted by molar-refractivity contribution is 0.209. The molecule has 1 N–H and O–H groups in total. The monoisotopic (exact) mass is 255 g/mol. The zero-order valence-electron chi connectivity index (χ0n) is 11.1. The van der Waals surface area contributed by atoms with Gasteiger partial charge in [-0.1, -0.05) is 24.3 Å². The maximum absolute atomic E-state index is 6.12. The maximum atomic E-state index is 6.12. The number of anilines is 1. The zero-order valence-corrected chi connectivity index (χ0v) is 11.1. The molecule has 2 aromatic carbocycles. The standard InChI is InChI=1S/C16H17NO2/c1-11-4-3-5-14-16(11)19-15(10-17-14)12-6-8-13(18-2)9-7-12/h3-9,15,17H,10H2,1-2H3. The van der Waals surface area contributed by atoms with E-state index in [1.54, 1.807) is 7.11 Å². The predicted molar refractivity (Wildman–Crippen MR) is 76.0 cm³/mol. The van der Waals surface area contributed by atoms with Crippen molar-refractivity contribution in [2.75, 3.05) is 19.0 Å². The van der Waals surface area contributed by atoms with Gasteiger partial charge in [-0.15, -0.1) is 0 Å². The van der Waals surface area contributed by atoms with E-state index in [1.807, 2.05) is 24.3 Å². The van der Waals surface area contributed by atoms with Gasteiger partial charge in [-0.05, 0) is 36.2 Å². The fourth-order valence-electron chi connectivity index (χ4n) is 2.34. The van der Waals surface area contributed by atoms with Gasteiger partial charge < -0.3 is 14.8 Å². The molecule has 1 atom stereocenters. The zero-order chi connectivity index (χ0) is 13.2. The van der Waals surface area contributed by atoms with E-state index in [0.717, 1.165) is 34.9 Å². The third kappa shape index (κ3) is 2.24. The minimum atomic E-state index is 0.0412. The maximum Gasteiger partial charge on any atom is 0.146 e. The second-order valence-corrected chi connectivity index (χ2v) is 4.71. The lowest BCUT2D eigenvalue weighted by atomic mass is 10.1. The van der Waals surface area contributed by atoms with E-state index in [1.165, 1.54) is 0 Å². The summed E-state index contributed by atoms with van der Waals surface area (Å²) in [5.41, 5.74) is 3.38. The Kier molecular flexibility index (Phi) is 3.03. The fourth-order valence-corrected chi connectivity index (χ4v) is 2.34. The average Bonchev–Trinajstić information content (AvgIpc) is 2.47. The summed E-state index contributed by atoms with van der Waals surface area (Å²) in [7, 11) is 1.67. The van der Waals surface area contributed by atoms with Crippen LogP contribution in [0.15, 0.2) is 42.5 Å². The first-order chi connectivity index (χ1) is 9.28. The van der Waals surface area contributed by atoms with Gasteiger partial charge in [0, 0.05) is 0 Å². The van der Waals surface area contributed by atoms with Crippen molar-refractivity contribution in [3.05, 3.63) is 53.6 Å². The second kappa shape index (κ2) is 4.84. The van der Waals surface area contributed by atoms with Crippen LogP contribution in [0.25, 0.3) is 0 Å². The molecule has 1 heterocycles. The van der Waals surface area contributed by atoms with Crippen LogP contribution in [0, 0.1) is 6.92 Å². The normalized spacial score (nSPS) is 17.1. The van der Waals surface area contributed by atoms with Crippen LogP contribution < -0.4 is 14.8 Å². The van der Waals surface area contributed by atoms with E-state index in [4.69, 9.17) is 9.47 Å². The van der Waals surface area contributed by atoms with Crippen molar-refractivity contribution in [3.63, 3.8) is 0 Å². The van der Waals surface area contributed by atoms with Gasteiger partial charge in [-0.3, -0.25) is 0 Å². The third-order valence-corrected chi connectivity index (χ3v) is 3.44. The summed E-state index contributed by atoms with van der Waals surface area (Å²) in [6.45, 7) is 2.85. The van der Waals surface area contributed by atoms with E-state index >= 15 is 0 Å². The minimum absolute atomic E-state index is 0.0412. The molecule has 3 rings (SSSR count). The van der Waals surface area contributed by atoms with Crippen LogP contribution in [0.1, 0.15) is 17.2 Å². The lowest BCUT2D eigenvalue weighted by Crippen LogP contribution is -2.24. The number of ether oxygens (including phenoxy) is 2. The topological polar surface area (TPSA) is 30.5 Å². The first-order valence-corrected chi connectivity index (χ1v) is 6.42. The van der Waals surface area contributed by atoms with Gasteiger partial charge in [0.05, 0.1) is 19.3 Å². The second-order valence-electron chi connectivity index (χ2n) is 4.71. The first-order valence-electron chi connectivity index (χ1n) is 6.42. The quantitative estimate of drug-likeness (QED) is 0.890.